The minimum Gasteiger partial charge on any atom is -0.387 e. The van der Waals surface area contributed by atoms with E-state index in [2.05, 4.69) is 20.9 Å². The van der Waals surface area contributed by atoms with Gasteiger partial charge in [-0.05, 0) is 47.9 Å². The van der Waals surface area contributed by atoms with Gasteiger partial charge in [-0.1, -0.05) is 12.1 Å². The van der Waals surface area contributed by atoms with Crippen molar-refractivity contribution in [3.05, 3.63) is 53.6 Å². The lowest BCUT2D eigenvalue weighted by Gasteiger charge is -2.15. The molecule has 0 saturated carbocycles. The third-order valence-electron chi connectivity index (χ3n) is 4.74. The van der Waals surface area contributed by atoms with E-state index in [0.717, 1.165) is 24.2 Å². The number of aliphatic hydroxyl groups is 1. The van der Waals surface area contributed by atoms with Crippen LogP contribution in [0.25, 0.3) is 0 Å². The molecule has 1 heterocycles. The van der Waals surface area contributed by atoms with E-state index >= 15 is 0 Å². The maximum absolute atomic E-state index is 12.0. The molecule has 0 saturated heterocycles. The Balaban J connectivity index is 1.51. The van der Waals surface area contributed by atoms with Gasteiger partial charge in [-0.2, -0.15) is 0 Å². The van der Waals surface area contributed by atoms with Gasteiger partial charge in [-0.3, -0.25) is 14.4 Å². The van der Waals surface area contributed by atoms with Crippen LogP contribution >= 0.6 is 0 Å². The fourth-order valence-electron chi connectivity index (χ4n) is 3.21. The van der Waals surface area contributed by atoms with Crippen molar-refractivity contribution in [2.75, 3.05) is 35.7 Å². The highest BCUT2D eigenvalue weighted by Crippen LogP contribution is 2.29. The van der Waals surface area contributed by atoms with E-state index in [1.165, 1.54) is 6.92 Å². The number of aliphatic hydroxyl groups excluding tert-OH is 1. The Kier molecular flexibility index (Phi) is 6.13. The molecule has 0 bridgehead atoms. The normalized spacial score (nSPS) is 13.4. The highest BCUT2D eigenvalue weighted by atomic mass is 16.3. The first-order valence-corrected chi connectivity index (χ1v) is 9.32. The number of hydrogen-bond acceptors (Lipinski definition) is 5. The summed E-state index contributed by atoms with van der Waals surface area (Å²) in [5.41, 5.74) is 4.02. The van der Waals surface area contributed by atoms with Crippen molar-refractivity contribution in [3.8, 4) is 0 Å². The summed E-state index contributed by atoms with van der Waals surface area (Å²) in [4.78, 5) is 37.2. The van der Waals surface area contributed by atoms with Crippen LogP contribution in [-0.4, -0.2) is 43.0 Å². The molecule has 8 nitrogen and oxygen atoms in total. The predicted molar refractivity (Wildman–Crippen MR) is 111 cm³/mol. The van der Waals surface area contributed by atoms with E-state index in [0.29, 0.717) is 16.9 Å². The lowest BCUT2D eigenvalue weighted by atomic mass is 10.0. The number of likely N-dealkylation sites (N-methyl/N-ethyl adjacent to an activating group) is 1. The molecule has 4 N–H and O–H groups in total. The van der Waals surface area contributed by atoms with Crippen LogP contribution in [0.15, 0.2) is 42.5 Å². The third kappa shape index (κ3) is 5.11. The molecule has 152 valence electrons. The SMILES string of the molecule is CC(=O)Nc1ccc(NC(=O)C(=O)NCC(O)c2ccc3c(c2)CCN3C)cc1. The quantitative estimate of drug-likeness (QED) is 0.572. The Morgan fingerprint density at radius 3 is 2.34 bits per heavy atom. The van der Waals surface area contributed by atoms with Gasteiger partial charge in [0.05, 0.1) is 6.10 Å². The van der Waals surface area contributed by atoms with Crippen LogP contribution in [-0.2, 0) is 20.8 Å². The first-order valence-electron chi connectivity index (χ1n) is 9.32. The standard InChI is InChI=1S/C21H24N4O4/c1-13(26)23-16-4-6-17(7-5-16)24-21(29)20(28)22-12-19(27)15-3-8-18-14(11-15)9-10-25(18)2/h3-8,11,19,27H,9-10,12H2,1-2H3,(H,22,28)(H,23,26)(H,24,29). The number of benzene rings is 2. The third-order valence-corrected chi connectivity index (χ3v) is 4.74. The van der Waals surface area contributed by atoms with E-state index in [4.69, 9.17) is 0 Å². The first kappa shape index (κ1) is 20.3. The number of hydrogen-bond donors (Lipinski definition) is 4. The van der Waals surface area contributed by atoms with Gasteiger partial charge in [0, 0.05) is 44.1 Å². The minimum absolute atomic E-state index is 0.0671. The molecule has 1 unspecified atom stereocenters. The van der Waals surface area contributed by atoms with Crippen LogP contribution in [0, 0.1) is 0 Å². The van der Waals surface area contributed by atoms with Crippen LogP contribution in [0.4, 0.5) is 17.1 Å². The number of carbonyl (C=O) groups is 3. The first-order chi connectivity index (χ1) is 13.8. The largest absolute Gasteiger partial charge is 0.387 e. The predicted octanol–water partition coefficient (Wildman–Crippen LogP) is 1.43. The van der Waals surface area contributed by atoms with E-state index < -0.39 is 17.9 Å². The Hall–Kier alpha value is -3.39. The minimum atomic E-state index is -0.903. The second kappa shape index (κ2) is 8.74. The summed E-state index contributed by atoms with van der Waals surface area (Å²) in [5.74, 6) is -1.87. The number of amides is 3. The Labute approximate surface area is 168 Å². The molecule has 1 atom stereocenters. The van der Waals surface area contributed by atoms with Gasteiger partial charge in [0.2, 0.25) is 5.91 Å². The van der Waals surface area contributed by atoms with Crippen LogP contribution in [0.3, 0.4) is 0 Å². The zero-order valence-corrected chi connectivity index (χ0v) is 16.4. The average molecular weight is 396 g/mol. The number of rotatable bonds is 5. The molecule has 1 aliphatic heterocycles. The topological polar surface area (TPSA) is 111 Å². The van der Waals surface area contributed by atoms with Gasteiger partial charge in [0.1, 0.15) is 0 Å². The van der Waals surface area contributed by atoms with Gasteiger partial charge in [0.15, 0.2) is 0 Å². The Morgan fingerprint density at radius 2 is 1.69 bits per heavy atom. The molecular weight excluding hydrogens is 372 g/mol. The summed E-state index contributed by atoms with van der Waals surface area (Å²) < 4.78 is 0. The van der Waals surface area contributed by atoms with Crippen molar-refractivity contribution in [2.24, 2.45) is 0 Å². The van der Waals surface area contributed by atoms with Crippen LogP contribution in [0.1, 0.15) is 24.2 Å². The van der Waals surface area contributed by atoms with E-state index in [-0.39, 0.29) is 12.5 Å². The summed E-state index contributed by atoms with van der Waals surface area (Å²) in [6.45, 7) is 2.27. The highest BCUT2D eigenvalue weighted by molar-refractivity contribution is 6.39. The zero-order valence-electron chi connectivity index (χ0n) is 16.4. The number of nitrogens with one attached hydrogen (secondary N) is 3. The molecule has 2 aromatic rings. The number of anilines is 3. The van der Waals surface area contributed by atoms with Gasteiger partial charge in [-0.15, -0.1) is 0 Å². The van der Waals surface area contributed by atoms with Gasteiger partial charge in [0.25, 0.3) is 0 Å². The van der Waals surface area contributed by atoms with Crippen molar-refractivity contribution in [1.82, 2.24) is 5.32 Å². The number of nitrogens with zero attached hydrogens (tertiary/aromatic N) is 1. The summed E-state index contributed by atoms with van der Waals surface area (Å²) in [6, 6.07) is 12.1. The summed E-state index contributed by atoms with van der Waals surface area (Å²) in [5, 5.41) is 17.9. The number of fused-ring (bicyclic) bond motifs is 1. The second-order valence-electron chi connectivity index (χ2n) is 7.00. The summed E-state index contributed by atoms with van der Waals surface area (Å²) in [7, 11) is 2.02. The number of carbonyl (C=O) groups excluding carboxylic acids is 3. The summed E-state index contributed by atoms with van der Waals surface area (Å²) >= 11 is 0. The monoisotopic (exact) mass is 396 g/mol. The van der Waals surface area contributed by atoms with Crippen molar-refractivity contribution in [1.29, 1.82) is 0 Å². The average Bonchev–Trinajstić information content (AvgIpc) is 3.07. The molecular formula is C21H24N4O4. The van der Waals surface area contributed by atoms with Gasteiger partial charge in [-0.25, -0.2) is 0 Å². The highest BCUT2D eigenvalue weighted by Gasteiger charge is 2.19. The molecule has 3 rings (SSSR count). The van der Waals surface area contributed by atoms with Crippen molar-refractivity contribution < 1.29 is 19.5 Å². The lowest BCUT2D eigenvalue weighted by molar-refractivity contribution is -0.136. The Bertz CT molecular complexity index is 927. The molecule has 2 aromatic carbocycles. The maximum atomic E-state index is 12.0. The van der Waals surface area contributed by atoms with Crippen molar-refractivity contribution >= 4 is 34.8 Å². The van der Waals surface area contributed by atoms with E-state index in [9.17, 15) is 19.5 Å². The van der Waals surface area contributed by atoms with Crippen LogP contribution < -0.4 is 20.9 Å². The van der Waals surface area contributed by atoms with E-state index in [1.807, 2.05) is 25.2 Å². The lowest BCUT2D eigenvalue weighted by Crippen LogP contribution is -2.37. The van der Waals surface area contributed by atoms with Gasteiger partial charge < -0.3 is 26.0 Å². The molecule has 0 aliphatic carbocycles. The molecule has 29 heavy (non-hydrogen) atoms. The zero-order chi connectivity index (χ0) is 21.0. The molecule has 1 aliphatic rings. The molecule has 0 fully saturated rings. The molecule has 8 heteroatoms. The fraction of sp³-hybridized carbons (Fsp3) is 0.286. The second-order valence-corrected chi connectivity index (χ2v) is 7.00. The van der Waals surface area contributed by atoms with Gasteiger partial charge >= 0.3 is 11.8 Å². The molecule has 0 radical (unpaired) electrons. The fourth-order valence-corrected chi connectivity index (χ4v) is 3.21. The van der Waals surface area contributed by atoms with Crippen LogP contribution in [0.5, 0.6) is 0 Å². The van der Waals surface area contributed by atoms with Crippen molar-refractivity contribution in [2.45, 2.75) is 19.4 Å². The summed E-state index contributed by atoms with van der Waals surface area (Å²) in [6.07, 6.45) is 0.0157. The maximum Gasteiger partial charge on any atom is 0.313 e. The Morgan fingerprint density at radius 1 is 1.03 bits per heavy atom. The van der Waals surface area contributed by atoms with E-state index in [1.54, 1.807) is 24.3 Å². The molecule has 0 spiro atoms. The molecule has 3 amide bonds. The van der Waals surface area contributed by atoms with Crippen LogP contribution in [0.2, 0.25) is 0 Å². The smallest absolute Gasteiger partial charge is 0.313 e. The van der Waals surface area contributed by atoms with Crippen molar-refractivity contribution in [3.63, 3.8) is 0 Å². The molecule has 0 aromatic heterocycles.